The van der Waals surface area contributed by atoms with Crippen molar-refractivity contribution in [3.8, 4) is 0 Å². The fourth-order valence-corrected chi connectivity index (χ4v) is 5.11. The zero-order valence-electron chi connectivity index (χ0n) is 16.0. The number of nitrogens with zero attached hydrogens (tertiary/aromatic N) is 1. The topological polar surface area (TPSA) is 12.5 Å². The first-order chi connectivity index (χ1) is 11.7. The SMILES string of the molecule is C=Cc1ccc([Si](CCCN(CCCC)CCCC)COC)cc1. The van der Waals surface area contributed by atoms with Crippen LogP contribution in [0.25, 0.3) is 6.08 Å². The molecule has 0 aromatic heterocycles. The van der Waals surface area contributed by atoms with Crippen molar-refractivity contribution in [1.82, 2.24) is 4.90 Å². The third-order valence-corrected chi connectivity index (χ3v) is 7.23. The Kier molecular flexibility index (Phi) is 11.8. The highest BCUT2D eigenvalue weighted by atomic mass is 28.3. The number of unbranched alkanes of at least 4 members (excludes halogenated alkanes) is 2. The molecule has 24 heavy (non-hydrogen) atoms. The van der Waals surface area contributed by atoms with Crippen molar-refractivity contribution in [3.63, 3.8) is 0 Å². The maximum Gasteiger partial charge on any atom is 0.116 e. The second-order valence-corrected chi connectivity index (χ2v) is 9.09. The van der Waals surface area contributed by atoms with E-state index in [1.807, 2.05) is 13.2 Å². The molecule has 0 bridgehead atoms. The average Bonchev–Trinajstić information content (AvgIpc) is 2.62. The van der Waals surface area contributed by atoms with Gasteiger partial charge in [-0.05, 0) is 44.5 Å². The summed E-state index contributed by atoms with van der Waals surface area (Å²) >= 11 is 0. The van der Waals surface area contributed by atoms with Crippen molar-refractivity contribution >= 4 is 20.1 Å². The lowest BCUT2D eigenvalue weighted by Gasteiger charge is -2.23. The molecule has 0 aliphatic heterocycles. The molecule has 0 saturated carbocycles. The van der Waals surface area contributed by atoms with E-state index in [0.717, 1.165) is 6.23 Å². The maximum atomic E-state index is 5.51. The lowest BCUT2D eigenvalue weighted by atomic mass is 10.2. The minimum atomic E-state index is -0.617. The van der Waals surface area contributed by atoms with Crippen LogP contribution in [0.3, 0.4) is 0 Å². The minimum Gasteiger partial charge on any atom is -0.388 e. The van der Waals surface area contributed by atoms with Crippen molar-refractivity contribution in [2.24, 2.45) is 0 Å². The van der Waals surface area contributed by atoms with Gasteiger partial charge in [-0.3, -0.25) is 0 Å². The van der Waals surface area contributed by atoms with E-state index in [-0.39, 0.29) is 0 Å². The van der Waals surface area contributed by atoms with Gasteiger partial charge >= 0.3 is 0 Å². The predicted molar refractivity (Wildman–Crippen MR) is 109 cm³/mol. The fraction of sp³-hybridized carbons (Fsp3) is 0.619. The number of methoxy groups -OCH3 is 1. The van der Waals surface area contributed by atoms with E-state index in [2.05, 4.69) is 49.6 Å². The molecule has 0 fully saturated rings. The van der Waals surface area contributed by atoms with E-state index >= 15 is 0 Å². The van der Waals surface area contributed by atoms with Gasteiger partial charge in [0.25, 0.3) is 0 Å². The molecule has 0 aliphatic carbocycles. The van der Waals surface area contributed by atoms with Crippen molar-refractivity contribution in [1.29, 1.82) is 0 Å². The van der Waals surface area contributed by atoms with Crippen LogP contribution in [0, 0.1) is 0 Å². The largest absolute Gasteiger partial charge is 0.388 e. The summed E-state index contributed by atoms with van der Waals surface area (Å²) in [5, 5.41) is 1.49. The summed E-state index contributed by atoms with van der Waals surface area (Å²) in [6.07, 6.45) is 9.32. The molecule has 0 atom stereocenters. The smallest absolute Gasteiger partial charge is 0.116 e. The third-order valence-electron chi connectivity index (χ3n) is 4.48. The molecule has 0 spiro atoms. The monoisotopic (exact) mass is 346 g/mol. The van der Waals surface area contributed by atoms with Crippen molar-refractivity contribution in [2.45, 2.75) is 52.0 Å². The maximum absolute atomic E-state index is 5.51. The van der Waals surface area contributed by atoms with Gasteiger partial charge in [0.1, 0.15) is 8.80 Å². The van der Waals surface area contributed by atoms with Gasteiger partial charge in [0, 0.05) is 13.3 Å². The van der Waals surface area contributed by atoms with Crippen LogP contribution >= 0.6 is 0 Å². The first kappa shape index (κ1) is 21.1. The van der Waals surface area contributed by atoms with Crippen molar-refractivity contribution in [2.75, 3.05) is 33.0 Å². The number of rotatable bonds is 14. The zero-order chi connectivity index (χ0) is 17.6. The summed E-state index contributed by atoms with van der Waals surface area (Å²) in [6.45, 7) is 12.2. The second kappa shape index (κ2) is 13.4. The van der Waals surface area contributed by atoms with E-state index in [4.69, 9.17) is 4.74 Å². The quantitative estimate of drug-likeness (QED) is 0.460. The van der Waals surface area contributed by atoms with Gasteiger partial charge in [0.2, 0.25) is 0 Å². The van der Waals surface area contributed by atoms with E-state index < -0.39 is 8.80 Å². The van der Waals surface area contributed by atoms with Gasteiger partial charge in [0.15, 0.2) is 0 Å². The lowest BCUT2D eigenvalue weighted by Crippen LogP contribution is -2.36. The van der Waals surface area contributed by atoms with Gasteiger partial charge in [-0.1, -0.05) is 74.8 Å². The number of benzene rings is 1. The highest BCUT2D eigenvalue weighted by molar-refractivity contribution is 6.73. The molecule has 0 N–H and O–H groups in total. The summed E-state index contributed by atoms with van der Waals surface area (Å²) in [4.78, 5) is 2.67. The van der Waals surface area contributed by atoms with Crippen molar-refractivity contribution in [3.05, 3.63) is 36.4 Å². The van der Waals surface area contributed by atoms with Crippen LogP contribution in [0.4, 0.5) is 0 Å². The molecule has 0 heterocycles. The molecule has 1 aromatic rings. The molecular formula is C21H36NOSi. The molecule has 1 radical (unpaired) electrons. The van der Waals surface area contributed by atoms with Crippen LogP contribution in [-0.4, -0.2) is 46.7 Å². The summed E-state index contributed by atoms with van der Waals surface area (Å²) in [6, 6.07) is 10.2. The lowest BCUT2D eigenvalue weighted by molar-refractivity contribution is 0.247. The van der Waals surface area contributed by atoms with E-state index in [9.17, 15) is 0 Å². The number of hydrogen-bond acceptors (Lipinski definition) is 2. The first-order valence-electron chi connectivity index (χ1n) is 9.54. The van der Waals surface area contributed by atoms with Crippen LogP contribution < -0.4 is 5.19 Å². The van der Waals surface area contributed by atoms with Gasteiger partial charge in [-0.2, -0.15) is 0 Å². The summed E-state index contributed by atoms with van der Waals surface area (Å²) in [5.74, 6) is 0. The molecule has 3 heteroatoms. The Hall–Kier alpha value is -0.903. The van der Waals surface area contributed by atoms with Crippen molar-refractivity contribution < 1.29 is 4.74 Å². The average molecular weight is 347 g/mol. The molecule has 1 rings (SSSR count). The predicted octanol–water partition coefficient (Wildman–Crippen LogP) is 4.51. The van der Waals surface area contributed by atoms with E-state index in [0.29, 0.717) is 0 Å². The third kappa shape index (κ3) is 8.27. The molecule has 2 nitrogen and oxygen atoms in total. The van der Waals surface area contributed by atoms with Crippen LogP contribution in [-0.2, 0) is 4.74 Å². The Morgan fingerprint density at radius 3 is 2.08 bits per heavy atom. The Morgan fingerprint density at radius 2 is 1.58 bits per heavy atom. The molecule has 0 saturated heterocycles. The van der Waals surface area contributed by atoms with Gasteiger partial charge in [0.05, 0.1) is 0 Å². The Balaban J connectivity index is 2.52. The van der Waals surface area contributed by atoms with Crippen LogP contribution in [0.2, 0.25) is 6.04 Å². The van der Waals surface area contributed by atoms with Crippen LogP contribution in [0.1, 0.15) is 51.5 Å². The standard InChI is InChI=1S/C21H36NOSi/c1-5-8-15-22(16-9-6-2)17-10-18-24(19-23-4)21-13-11-20(7-3)12-14-21/h7,11-14H,3,5-6,8-10,15-19H2,1-2,4H3. The van der Waals surface area contributed by atoms with Crippen LogP contribution in [0.15, 0.2) is 30.8 Å². The first-order valence-corrected chi connectivity index (χ1v) is 11.4. The second-order valence-electron chi connectivity index (χ2n) is 6.51. The zero-order valence-corrected chi connectivity index (χ0v) is 17.0. The minimum absolute atomic E-state index is 0.617. The van der Waals surface area contributed by atoms with Crippen LogP contribution in [0.5, 0.6) is 0 Å². The molecule has 0 unspecified atom stereocenters. The molecule has 135 valence electrons. The fourth-order valence-electron chi connectivity index (χ4n) is 2.94. The van der Waals surface area contributed by atoms with E-state index in [1.165, 1.54) is 68.5 Å². The Labute approximate surface area is 151 Å². The normalized spacial score (nSPS) is 11.4. The summed E-state index contributed by atoms with van der Waals surface area (Å²) in [7, 11) is 1.21. The molecular weight excluding hydrogens is 310 g/mol. The number of hydrogen-bond donors (Lipinski definition) is 0. The van der Waals surface area contributed by atoms with E-state index in [1.54, 1.807) is 0 Å². The molecule has 0 aliphatic rings. The van der Waals surface area contributed by atoms with Gasteiger partial charge < -0.3 is 9.64 Å². The van der Waals surface area contributed by atoms with Gasteiger partial charge in [-0.25, -0.2) is 0 Å². The summed E-state index contributed by atoms with van der Waals surface area (Å²) in [5.41, 5.74) is 1.20. The molecule has 1 aromatic carbocycles. The Morgan fingerprint density at radius 1 is 1.00 bits per heavy atom. The van der Waals surface area contributed by atoms with Gasteiger partial charge in [-0.15, -0.1) is 0 Å². The Bertz CT molecular complexity index is 424. The highest BCUT2D eigenvalue weighted by Gasteiger charge is 2.15. The highest BCUT2D eigenvalue weighted by Crippen LogP contribution is 2.07. The number of ether oxygens (including phenoxy) is 1. The molecule has 0 amide bonds. The summed E-state index contributed by atoms with van der Waals surface area (Å²) < 4.78 is 5.51.